The highest BCUT2D eigenvalue weighted by molar-refractivity contribution is 4.78. The van der Waals surface area contributed by atoms with Gasteiger partial charge in [0, 0.05) is 13.1 Å². The summed E-state index contributed by atoms with van der Waals surface area (Å²) in [5.74, 6) is 0.894. The topological polar surface area (TPSA) is 29.3 Å². The maximum Gasteiger partial charge on any atom is 0.0105 e. The van der Waals surface area contributed by atoms with Crippen LogP contribution in [0.1, 0.15) is 40.0 Å². The van der Waals surface area contributed by atoms with E-state index in [-0.39, 0.29) is 0 Å². The summed E-state index contributed by atoms with van der Waals surface area (Å²) in [6, 6.07) is 0. The third kappa shape index (κ3) is 3.58. The Bertz CT molecular complexity index is 160. The van der Waals surface area contributed by atoms with E-state index in [9.17, 15) is 0 Å². The number of hydrogen-bond donors (Lipinski definition) is 1. The fraction of sp³-hybridized carbons (Fsp3) is 1.00. The lowest BCUT2D eigenvalue weighted by atomic mass is 9.77. The van der Waals surface area contributed by atoms with E-state index in [4.69, 9.17) is 5.73 Å². The normalized spacial score (nSPS) is 26.1. The molecular formula is C12H26N2. The zero-order valence-corrected chi connectivity index (χ0v) is 10.1. The Kier molecular flexibility index (Phi) is 4.39. The first-order valence-corrected chi connectivity index (χ1v) is 5.96. The van der Waals surface area contributed by atoms with Gasteiger partial charge in [0.2, 0.25) is 0 Å². The third-order valence-electron chi connectivity index (χ3n) is 3.49. The SMILES string of the molecule is CC(C)(C)C1CCCN(CCN)CC1. The third-order valence-corrected chi connectivity index (χ3v) is 3.49. The predicted molar refractivity (Wildman–Crippen MR) is 62.3 cm³/mol. The van der Waals surface area contributed by atoms with Crippen LogP contribution < -0.4 is 5.73 Å². The van der Waals surface area contributed by atoms with Gasteiger partial charge in [-0.05, 0) is 43.7 Å². The van der Waals surface area contributed by atoms with E-state index in [1.807, 2.05) is 0 Å². The molecule has 1 heterocycles. The molecule has 2 heteroatoms. The standard InChI is InChI=1S/C12H26N2/c1-12(2,3)11-5-4-8-14(9-6-11)10-7-13/h11H,4-10,13H2,1-3H3. The Morgan fingerprint density at radius 1 is 1.21 bits per heavy atom. The maximum atomic E-state index is 5.59. The molecule has 1 saturated heterocycles. The van der Waals surface area contributed by atoms with Crippen LogP contribution in [0, 0.1) is 11.3 Å². The molecule has 1 rings (SSSR count). The molecular weight excluding hydrogens is 172 g/mol. The van der Waals surface area contributed by atoms with Crippen LogP contribution >= 0.6 is 0 Å². The molecule has 0 aromatic heterocycles. The molecule has 0 bridgehead atoms. The number of nitrogens with zero attached hydrogens (tertiary/aromatic N) is 1. The summed E-state index contributed by atoms with van der Waals surface area (Å²) in [5.41, 5.74) is 6.07. The van der Waals surface area contributed by atoms with Crippen LogP contribution in [-0.2, 0) is 0 Å². The minimum absolute atomic E-state index is 0.485. The molecule has 1 fully saturated rings. The summed E-state index contributed by atoms with van der Waals surface area (Å²) in [4.78, 5) is 2.52. The van der Waals surface area contributed by atoms with Crippen LogP contribution in [0.15, 0.2) is 0 Å². The van der Waals surface area contributed by atoms with Crippen molar-refractivity contribution in [2.75, 3.05) is 26.2 Å². The quantitative estimate of drug-likeness (QED) is 0.736. The molecule has 2 nitrogen and oxygen atoms in total. The molecule has 0 radical (unpaired) electrons. The molecule has 1 aliphatic heterocycles. The van der Waals surface area contributed by atoms with E-state index in [1.54, 1.807) is 0 Å². The van der Waals surface area contributed by atoms with E-state index in [0.717, 1.165) is 19.0 Å². The Morgan fingerprint density at radius 2 is 1.93 bits per heavy atom. The molecule has 0 aromatic rings. The first-order valence-electron chi connectivity index (χ1n) is 5.96. The second-order valence-electron chi connectivity index (χ2n) is 5.62. The smallest absolute Gasteiger partial charge is 0.0105 e. The summed E-state index contributed by atoms with van der Waals surface area (Å²) < 4.78 is 0. The van der Waals surface area contributed by atoms with E-state index >= 15 is 0 Å². The van der Waals surface area contributed by atoms with Gasteiger partial charge in [-0.25, -0.2) is 0 Å². The van der Waals surface area contributed by atoms with Crippen molar-refractivity contribution in [2.45, 2.75) is 40.0 Å². The highest BCUT2D eigenvalue weighted by Crippen LogP contribution is 2.34. The zero-order chi connectivity index (χ0) is 10.6. The zero-order valence-electron chi connectivity index (χ0n) is 10.1. The molecule has 0 saturated carbocycles. The average Bonchev–Trinajstić information content (AvgIpc) is 2.29. The lowest BCUT2D eigenvalue weighted by Gasteiger charge is -2.29. The largest absolute Gasteiger partial charge is 0.329 e. The summed E-state index contributed by atoms with van der Waals surface area (Å²) in [6.07, 6.45) is 4.09. The Hall–Kier alpha value is -0.0800. The molecule has 1 atom stereocenters. The highest BCUT2D eigenvalue weighted by atomic mass is 15.1. The Balaban J connectivity index is 2.41. The van der Waals surface area contributed by atoms with Gasteiger partial charge in [0.15, 0.2) is 0 Å². The van der Waals surface area contributed by atoms with Gasteiger partial charge in [0.05, 0.1) is 0 Å². The van der Waals surface area contributed by atoms with Crippen LogP contribution in [0.4, 0.5) is 0 Å². The molecule has 0 amide bonds. The van der Waals surface area contributed by atoms with Crippen LogP contribution in [-0.4, -0.2) is 31.1 Å². The lowest BCUT2D eigenvalue weighted by Crippen LogP contribution is -2.31. The second-order valence-corrected chi connectivity index (χ2v) is 5.62. The minimum atomic E-state index is 0.485. The van der Waals surface area contributed by atoms with E-state index in [2.05, 4.69) is 25.7 Å². The molecule has 0 aromatic carbocycles. The van der Waals surface area contributed by atoms with E-state index in [0.29, 0.717) is 5.41 Å². The van der Waals surface area contributed by atoms with Gasteiger partial charge in [-0.3, -0.25) is 0 Å². The van der Waals surface area contributed by atoms with Crippen molar-refractivity contribution in [3.63, 3.8) is 0 Å². The van der Waals surface area contributed by atoms with Crippen LogP contribution in [0.3, 0.4) is 0 Å². The minimum Gasteiger partial charge on any atom is -0.329 e. The molecule has 0 spiro atoms. The van der Waals surface area contributed by atoms with Crippen molar-refractivity contribution >= 4 is 0 Å². The van der Waals surface area contributed by atoms with Crippen molar-refractivity contribution in [2.24, 2.45) is 17.1 Å². The van der Waals surface area contributed by atoms with E-state index < -0.39 is 0 Å². The molecule has 14 heavy (non-hydrogen) atoms. The monoisotopic (exact) mass is 198 g/mol. The van der Waals surface area contributed by atoms with Gasteiger partial charge in [-0.1, -0.05) is 20.8 Å². The maximum absolute atomic E-state index is 5.59. The van der Waals surface area contributed by atoms with Crippen LogP contribution in [0.5, 0.6) is 0 Å². The van der Waals surface area contributed by atoms with Crippen molar-refractivity contribution in [1.29, 1.82) is 0 Å². The van der Waals surface area contributed by atoms with Gasteiger partial charge in [0.1, 0.15) is 0 Å². The summed E-state index contributed by atoms with van der Waals surface area (Å²) in [7, 11) is 0. The lowest BCUT2D eigenvalue weighted by molar-refractivity contribution is 0.209. The first kappa shape index (κ1) is 12.0. The van der Waals surface area contributed by atoms with Crippen LogP contribution in [0.25, 0.3) is 0 Å². The number of nitrogens with two attached hydrogens (primary N) is 1. The molecule has 2 N–H and O–H groups in total. The predicted octanol–water partition coefficient (Wildman–Crippen LogP) is 2.09. The molecule has 0 aliphatic carbocycles. The fourth-order valence-electron chi connectivity index (χ4n) is 2.43. The average molecular weight is 198 g/mol. The number of likely N-dealkylation sites (tertiary alicyclic amines) is 1. The van der Waals surface area contributed by atoms with E-state index in [1.165, 1.54) is 32.4 Å². The van der Waals surface area contributed by atoms with Gasteiger partial charge < -0.3 is 10.6 Å². The summed E-state index contributed by atoms with van der Waals surface area (Å²) >= 11 is 0. The summed E-state index contributed by atoms with van der Waals surface area (Å²) in [6.45, 7) is 11.5. The molecule has 1 aliphatic rings. The van der Waals surface area contributed by atoms with Gasteiger partial charge >= 0.3 is 0 Å². The second kappa shape index (κ2) is 5.13. The van der Waals surface area contributed by atoms with Crippen molar-refractivity contribution in [3.8, 4) is 0 Å². The van der Waals surface area contributed by atoms with Crippen molar-refractivity contribution in [3.05, 3.63) is 0 Å². The Labute approximate surface area is 88.8 Å². The molecule has 1 unspecified atom stereocenters. The van der Waals surface area contributed by atoms with Gasteiger partial charge in [-0.2, -0.15) is 0 Å². The van der Waals surface area contributed by atoms with Crippen molar-refractivity contribution in [1.82, 2.24) is 4.90 Å². The van der Waals surface area contributed by atoms with Crippen molar-refractivity contribution < 1.29 is 0 Å². The number of rotatable bonds is 2. The Morgan fingerprint density at radius 3 is 2.50 bits per heavy atom. The summed E-state index contributed by atoms with van der Waals surface area (Å²) in [5, 5.41) is 0. The van der Waals surface area contributed by atoms with Gasteiger partial charge in [-0.15, -0.1) is 0 Å². The molecule has 84 valence electrons. The van der Waals surface area contributed by atoms with Crippen LogP contribution in [0.2, 0.25) is 0 Å². The first-order chi connectivity index (χ1) is 6.54. The highest BCUT2D eigenvalue weighted by Gasteiger charge is 2.26. The van der Waals surface area contributed by atoms with Gasteiger partial charge in [0.25, 0.3) is 0 Å². The number of hydrogen-bond acceptors (Lipinski definition) is 2. The fourth-order valence-corrected chi connectivity index (χ4v) is 2.43.